The molecular formula is C13H22N2. The van der Waals surface area contributed by atoms with Crippen molar-refractivity contribution < 1.29 is 0 Å². The maximum atomic E-state index is 4.48. The van der Waals surface area contributed by atoms with Crippen LogP contribution in [0.15, 0.2) is 40.8 Å². The molecule has 0 amide bonds. The Bertz CT molecular complexity index is 298. The van der Waals surface area contributed by atoms with Crippen molar-refractivity contribution in [3.8, 4) is 0 Å². The van der Waals surface area contributed by atoms with Crippen LogP contribution in [0.5, 0.6) is 0 Å². The number of hydrogen-bond donors (Lipinski definition) is 0. The molecule has 2 nitrogen and oxygen atoms in total. The molecule has 0 aliphatic rings. The number of aliphatic imine (C=N–C) groups is 1. The van der Waals surface area contributed by atoms with Gasteiger partial charge in [-0.25, -0.2) is 4.99 Å². The zero-order valence-corrected chi connectivity index (χ0v) is 10.7. The summed E-state index contributed by atoms with van der Waals surface area (Å²) in [6.07, 6.45) is 8.07. The fraction of sp³-hybridized carbons (Fsp3) is 0.462. The van der Waals surface area contributed by atoms with Crippen molar-refractivity contribution in [2.45, 2.75) is 34.6 Å². The molecule has 0 heterocycles. The quantitative estimate of drug-likeness (QED) is 0.505. The van der Waals surface area contributed by atoms with Gasteiger partial charge in [-0.3, -0.25) is 0 Å². The van der Waals surface area contributed by atoms with Gasteiger partial charge in [0.05, 0.1) is 0 Å². The topological polar surface area (TPSA) is 15.6 Å². The molecule has 0 aromatic heterocycles. The number of hydrogen-bond acceptors (Lipinski definition) is 2. The first kappa shape index (κ1) is 13.7. The second-order valence-corrected chi connectivity index (χ2v) is 3.93. The van der Waals surface area contributed by atoms with Crippen LogP contribution in [0, 0.1) is 0 Å². The van der Waals surface area contributed by atoms with E-state index in [9.17, 15) is 0 Å². The third kappa shape index (κ3) is 6.72. The van der Waals surface area contributed by atoms with E-state index in [1.807, 2.05) is 50.9 Å². The van der Waals surface area contributed by atoms with Crippen LogP contribution in [-0.2, 0) is 0 Å². The van der Waals surface area contributed by atoms with Gasteiger partial charge in [-0.05, 0) is 40.7 Å². The summed E-state index contributed by atoms with van der Waals surface area (Å²) in [6.45, 7) is 10.1. The minimum absolute atomic E-state index is 0.953. The lowest BCUT2D eigenvalue weighted by Crippen LogP contribution is -2.10. The Morgan fingerprint density at radius 1 is 1.13 bits per heavy atom. The predicted octanol–water partition coefficient (Wildman–Crippen LogP) is 3.74. The van der Waals surface area contributed by atoms with Crippen LogP contribution in [0.4, 0.5) is 0 Å². The molecule has 15 heavy (non-hydrogen) atoms. The number of rotatable bonds is 4. The summed E-state index contributed by atoms with van der Waals surface area (Å²) in [5.74, 6) is 0.953. The maximum Gasteiger partial charge on any atom is 0.132 e. The van der Waals surface area contributed by atoms with Crippen molar-refractivity contribution in [2.75, 3.05) is 7.05 Å². The van der Waals surface area contributed by atoms with E-state index in [1.165, 1.54) is 5.57 Å². The van der Waals surface area contributed by atoms with Gasteiger partial charge in [-0.15, -0.1) is 0 Å². The Kier molecular flexibility index (Phi) is 6.43. The van der Waals surface area contributed by atoms with Gasteiger partial charge in [-0.1, -0.05) is 17.7 Å². The smallest absolute Gasteiger partial charge is 0.132 e. The second kappa shape index (κ2) is 7.04. The first-order valence-corrected chi connectivity index (χ1v) is 5.20. The van der Waals surface area contributed by atoms with Crippen LogP contribution < -0.4 is 0 Å². The minimum Gasteiger partial charge on any atom is -0.336 e. The predicted molar refractivity (Wildman–Crippen MR) is 68.9 cm³/mol. The highest BCUT2D eigenvalue weighted by Crippen LogP contribution is 2.07. The fourth-order valence-corrected chi connectivity index (χ4v) is 1.10. The Morgan fingerprint density at radius 2 is 1.73 bits per heavy atom. The SMILES string of the molecule is C/C=C\C=C(/N=C(C)C)N(C)C=C(C)C. The van der Waals surface area contributed by atoms with Gasteiger partial charge in [0.25, 0.3) is 0 Å². The zero-order valence-electron chi connectivity index (χ0n) is 10.7. The maximum absolute atomic E-state index is 4.48. The Hall–Kier alpha value is -1.31. The molecular weight excluding hydrogens is 184 g/mol. The highest BCUT2D eigenvalue weighted by molar-refractivity contribution is 5.80. The lowest BCUT2D eigenvalue weighted by Gasteiger charge is -2.15. The van der Waals surface area contributed by atoms with Crippen LogP contribution in [0.3, 0.4) is 0 Å². The van der Waals surface area contributed by atoms with Crippen molar-refractivity contribution in [3.63, 3.8) is 0 Å². The standard InChI is InChI=1S/C13H22N2/c1-7-8-9-13(14-12(4)5)15(6)10-11(2)3/h7-10H,1-6H3/b8-7-,13-9+. The molecule has 2 heteroatoms. The Balaban J connectivity index is 4.95. The molecule has 0 N–H and O–H groups in total. The van der Waals surface area contributed by atoms with Crippen LogP contribution >= 0.6 is 0 Å². The molecule has 0 fully saturated rings. The molecule has 0 spiro atoms. The van der Waals surface area contributed by atoms with Gasteiger partial charge in [0.15, 0.2) is 0 Å². The van der Waals surface area contributed by atoms with Gasteiger partial charge in [0.1, 0.15) is 5.82 Å². The van der Waals surface area contributed by atoms with E-state index in [-0.39, 0.29) is 0 Å². The normalized spacial score (nSPS) is 11.5. The van der Waals surface area contributed by atoms with E-state index in [0.717, 1.165) is 11.5 Å². The molecule has 0 bridgehead atoms. The molecule has 84 valence electrons. The summed E-state index contributed by atoms with van der Waals surface area (Å²) in [5, 5.41) is 0. The van der Waals surface area contributed by atoms with Crippen molar-refractivity contribution >= 4 is 5.71 Å². The fourth-order valence-electron chi connectivity index (χ4n) is 1.10. The molecule has 0 radical (unpaired) electrons. The number of nitrogens with zero attached hydrogens (tertiary/aromatic N) is 2. The van der Waals surface area contributed by atoms with Crippen LogP contribution in [-0.4, -0.2) is 17.7 Å². The summed E-state index contributed by atoms with van der Waals surface area (Å²) in [6, 6.07) is 0. The van der Waals surface area contributed by atoms with Crippen LogP contribution in [0.2, 0.25) is 0 Å². The molecule has 0 aromatic carbocycles. The van der Waals surface area contributed by atoms with Gasteiger partial charge < -0.3 is 4.90 Å². The summed E-state index contributed by atoms with van der Waals surface area (Å²) in [5.41, 5.74) is 2.31. The second-order valence-electron chi connectivity index (χ2n) is 3.93. The highest BCUT2D eigenvalue weighted by Gasteiger charge is 1.98. The van der Waals surface area contributed by atoms with Crippen LogP contribution in [0.1, 0.15) is 34.6 Å². The summed E-state index contributed by atoms with van der Waals surface area (Å²) in [7, 11) is 2.01. The molecule has 0 saturated heterocycles. The molecule has 0 saturated carbocycles. The summed E-state index contributed by atoms with van der Waals surface area (Å²) >= 11 is 0. The zero-order chi connectivity index (χ0) is 11.8. The lowest BCUT2D eigenvalue weighted by atomic mass is 10.3. The average Bonchev–Trinajstić information content (AvgIpc) is 2.10. The van der Waals surface area contributed by atoms with Crippen molar-refractivity contribution in [1.82, 2.24) is 4.90 Å². The largest absolute Gasteiger partial charge is 0.336 e. The van der Waals surface area contributed by atoms with E-state index in [4.69, 9.17) is 0 Å². The minimum atomic E-state index is 0.953. The van der Waals surface area contributed by atoms with E-state index in [0.29, 0.717) is 0 Å². The third-order valence-electron chi connectivity index (χ3n) is 1.59. The van der Waals surface area contributed by atoms with Gasteiger partial charge >= 0.3 is 0 Å². The molecule has 0 atom stereocenters. The van der Waals surface area contributed by atoms with E-state index >= 15 is 0 Å². The lowest BCUT2D eigenvalue weighted by molar-refractivity contribution is 0.557. The van der Waals surface area contributed by atoms with E-state index in [2.05, 4.69) is 25.0 Å². The van der Waals surface area contributed by atoms with Gasteiger partial charge in [0, 0.05) is 19.0 Å². The molecule has 0 unspecified atom stereocenters. The third-order valence-corrected chi connectivity index (χ3v) is 1.59. The van der Waals surface area contributed by atoms with Crippen LogP contribution in [0.25, 0.3) is 0 Å². The first-order chi connectivity index (χ1) is 6.97. The average molecular weight is 206 g/mol. The summed E-state index contributed by atoms with van der Waals surface area (Å²) < 4.78 is 0. The molecule has 0 aromatic rings. The van der Waals surface area contributed by atoms with Crippen molar-refractivity contribution in [2.24, 2.45) is 4.99 Å². The Morgan fingerprint density at radius 3 is 2.13 bits per heavy atom. The van der Waals surface area contributed by atoms with Crippen molar-refractivity contribution in [1.29, 1.82) is 0 Å². The van der Waals surface area contributed by atoms with E-state index < -0.39 is 0 Å². The van der Waals surface area contributed by atoms with E-state index in [1.54, 1.807) is 0 Å². The van der Waals surface area contributed by atoms with Gasteiger partial charge in [-0.2, -0.15) is 0 Å². The number of allylic oxidation sites excluding steroid dienone is 4. The summed E-state index contributed by atoms with van der Waals surface area (Å²) in [4.78, 5) is 6.51. The highest BCUT2D eigenvalue weighted by atomic mass is 15.2. The van der Waals surface area contributed by atoms with Crippen molar-refractivity contribution in [3.05, 3.63) is 35.8 Å². The first-order valence-electron chi connectivity index (χ1n) is 5.20. The Labute approximate surface area is 93.7 Å². The molecule has 0 aliphatic heterocycles. The van der Waals surface area contributed by atoms with Gasteiger partial charge in [0.2, 0.25) is 0 Å². The molecule has 0 rings (SSSR count). The molecule has 0 aliphatic carbocycles. The monoisotopic (exact) mass is 206 g/mol.